The minimum absolute atomic E-state index is 0.130. The van der Waals surface area contributed by atoms with Gasteiger partial charge in [0.2, 0.25) is 11.7 Å². The van der Waals surface area contributed by atoms with Gasteiger partial charge in [0, 0.05) is 18.4 Å². The van der Waals surface area contributed by atoms with Crippen molar-refractivity contribution in [3.8, 4) is 10.7 Å². The van der Waals surface area contributed by atoms with E-state index in [1.165, 1.54) is 18.4 Å². The molecule has 0 fully saturated rings. The highest BCUT2D eigenvalue weighted by Gasteiger charge is 2.38. The van der Waals surface area contributed by atoms with Crippen molar-refractivity contribution in [1.29, 1.82) is 0 Å². The van der Waals surface area contributed by atoms with Crippen LogP contribution in [-0.2, 0) is 22.3 Å². The van der Waals surface area contributed by atoms with E-state index in [0.717, 1.165) is 4.88 Å². The molecule has 22 heavy (non-hydrogen) atoms. The van der Waals surface area contributed by atoms with E-state index in [1.807, 2.05) is 0 Å². The Hall–Kier alpha value is -1.94. The first kappa shape index (κ1) is 16.4. The maximum absolute atomic E-state index is 12.4. The fourth-order valence-electron chi connectivity index (χ4n) is 1.50. The molecule has 0 saturated heterocycles. The molecular weight excluding hydrogens is 323 g/mol. The predicted molar refractivity (Wildman–Crippen MR) is 71.0 cm³/mol. The van der Waals surface area contributed by atoms with Gasteiger partial charge in [0.1, 0.15) is 0 Å². The second kappa shape index (κ2) is 6.88. The normalized spacial score (nSPS) is 11.6. The molecule has 0 atom stereocenters. The summed E-state index contributed by atoms with van der Waals surface area (Å²) in [4.78, 5) is 15.9. The van der Waals surface area contributed by atoms with Crippen LogP contribution in [0.4, 0.5) is 13.2 Å². The van der Waals surface area contributed by atoms with Gasteiger partial charge in [0.05, 0.1) is 18.0 Å². The molecule has 2 aromatic heterocycles. The van der Waals surface area contributed by atoms with Crippen molar-refractivity contribution in [2.45, 2.75) is 19.1 Å². The number of hydrogen-bond donors (Lipinski definition) is 1. The first-order valence-corrected chi connectivity index (χ1v) is 6.97. The third-order valence-corrected chi connectivity index (χ3v) is 3.62. The average Bonchev–Trinajstić information content (AvgIpc) is 3.10. The first-order chi connectivity index (χ1) is 10.4. The van der Waals surface area contributed by atoms with E-state index in [1.54, 1.807) is 12.1 Å². The van der Waals surface area contributed by atoms with Gasteiger partial charge in [-0.1, -0.05) is 5.16 Å². The van der Waals surface area contributed by atoms with Gasteiger partial charge in [-0.15, -0.1) is 11.3 Å². The lowest BCUT2D eigenvalue weighted by Crippen LogP contribution is -2.23. The largest absolute Gasteiger partial charge is 0.471 e. The van der Waals surface area contributed by atoms with E-state index in [0.29, 0.717) is 11.5 Å². The lowest BCUT2D eigenvalue weighted by Gasteiger charge is -2.02. The maximum atomic E-state index is 12.4. The molecule has 1 amide bonds. The van der Waals surface area contributed by atoms with Crippen LogP contribution in [0, 0.1) is 0 Å². The highest BCUT2D eigenvalue weighted by molar-refractivity contribution is 7.15. The summed E-state index contributed by atoms with van der Waals surface area (Å²) in [6.07, 6.45) is -4.42. The second-order valence-corrected chi connectivity index (χ2v) is 5.37. The van der Waals surface area contributed by atoms with Gasteiger partial charge >= 0.3 is 12.1 Å². The van der Waals surface area contributed by atoms with Gasteiger partial charge in [-0.3, -0.25) is 4.79 Å². The third-order valence-electron chi connectivity index (χ3n) is 2.54. The van der Waals surface area contributed by atoms with Crippen LogP contribution in [0.3, 0.4) is 0 Å². The summed E-state index contributed by atoms with van der Waals surface area (Å²) in [6, 6.07) is 3.26. The molecule has 2 aromatic rings. The number of alkyl halides is 3. The molecule has 0 unspecified atom stereocenters. The summed E-state index contributed by atoms with van der Waals surface area (Å²) in [6.45, 7) is 0.599. The van der Waals surface area contributed by atoms with Crippen LogP contribution in [0.15, 0.2) is 16.7 Å². The van der Waals surface area contributed by atoms with Gasteiger partial charge in [-0.05, 0) is 12.1 Å². The van der Waals surface area contributed by atoms with Crippen molar-refractivity contribution >= 4 is 17.2 Å². The zero-order chi connectivity index (χ0) is 16.2. The molecule has 2 heterocycles. The minimum atomic E-state index is -4.67. The minimum Gasteiger partial charge on any atom is -0.384 e. The summed E-state index contributed by atoms with van der Waals surface area (Å²) in [5, 5.41) is 5.98. The summed E-state index contributed by atoms with van der Waals surface area (Å²) in [5.41, 5.74) is 0. The van der Waals surface area contributed by atoms with Crippen LogP contribution in [0.2, 0.25) is 0 Å². The number of nitrogens with one attached hydrogen (secondary N) is 1. The van der Waals surface area contributed by atoms with Crippen LogP contribution < -0.4 is 5.32 Å². The Morgan fingerprint density at radius 1 is 1.45 bits per heavy atom. The molecule has 0 aliphatic carbocycles. The van der Waals surface area contributed by atoms with E-state index in [9.17, 15) is 18.0 Å². The summed E-state index contributed by atoms with van der Waals surface area (Å²) >= 11 is 1.18. The van der Waals surface area contributed by atoms with Crippen LogP contribution in [-0.4, -0.2) is 29.8 Å². The fourth-order valence-corrected chi connectivity index (χ4v) is 2.37. The Bertz CT molecular complexity index is 639. The van der Waals surface area contributed by atoms with E-state index in [2.05, 4.69) is 20.0 Å². The average molecular weight is 335 g/mol. The lowest BCUT2D eigenvalue weighted by atomic mass is 10.4. The molecular formula is C12H12F3N3O3S. The molecule has 0 saturated carbocycles. The molecule has 0 aromatic carbocycles. The number of carbonyl (C=O) groups is 1. The molecule has 0 aliphatic heterocycles. The van der Waals surface area contributed by atoms with Gasteiger partial charge in [0.25, 0.3) is 0 Å². The number of halogens is 3. The van der Waals surface area contributed by atoms with E-state index >= 15 is 0 Å². The summed E-state index contributed by atoms with van der Waals surface area (Å²) < 4.78 is 46.1. The van der Waals surface area contributed by atoms with E-state index in [4.69, 9.17) is 4.74 Å². The Morgan fingerprint density at radius 2 is 2.23 bits per heavy atom. The summed E-state index contributed by atoms with van der Waals surface area (Å²) in [7, 11) is 1.50. The van der Waals surface area contributed by atoms with Gasteiger partial charge in [-0.25, -0.2) is 0 Å². The summed E-state index contributed by atoms with van der Waals surface area (Å²) in [5.74, 6) is -1.68. The van der Waals surface area contributed by atoms with Gasteiger partial charge in [-0.2, -0.15) is 18.2 Å². The maximum Gasteiger partial charge on any atom is 0.471 e. The van der Waals surface area contributed by atoms with Gasteiger partial charge < -0.3 is 14.6 Å². The third kappa shape index (κ3) is 4.28. The SMILES string of the molecule is COCCC(=O)NCc1ccc(-c2noc(C(F)(F)F)n2)s1. The van der Waals surface area contributed by atoms with Crippen LogP contribution in [0.5, 0.6) is 0 Å². The molecule has 0 radical (unpaired) electrons. The van der Waals surface area contributed by atoms with Crippen LogP contribution in [0.25, 0.3) is 10.7 Å². The first-order valence-electron chi connectivity index (χ1n) is 6.16. The number of aromatic nitrogens is 2. The Morgan fingerprint density at radius 3 is 2.86 bits per heavy atom. The highest BCUT2D eigenvalue weighted by Crippen LogP contribution is 2.31. The van der Waals surface area contributed by atoms with E-state index < -0.39 is 12.1 Å². The molecule has 0 bridgehead atoms. The Kier molecular flexibility index (Phi) is 5.14. The number of thiophene rings is 1. The molecule has 2 rings (SSSR count). The van der Waals surface area contributed by atoms with Crippen molar-refractivity contribution in [2.24, 2.45) is 0 Å². The van der Waals surface area contributed by atoms with Crippen LogP contribution in [0.1, 0.15) is 17.2 Å². The monoisotopic (exact) mass is 335 g/mol. The number of rotatable bonds is 6. The topological polar surface area (TPSA) is 77.2 Å². The molecule has 0 spiro atoms. The number of hydrogen-bond acceptors (Lipinski definition) is 6. The van der Waals surface area contributed by atoms with Crippen molar-refractivity contribution in [2.75, 3.05) is 13.7 Å². The number of amides is 1. The second-order valence-electron chi connectivity index (χ2n) is 4.21. The fraction of sp³-hybridized carbons (Fsp3) is 0.417. The molecule has 6 nitrogen and oxygen atoms in total. The van der Waals surface area contributed by atoms with Crippen molar-refractivity contribution in [3.63, 3.8) is 0 Å². The molecule has 1 N–H and O–H groups in total. The number of carbonyl (C=O) groups excluding carboxylic acids is 1. The molecule has 10 heteroatoms. The number of methoxy groups -OCH3 is 1. The van der Waals surface area contributed by atoms with Crippen molar-refractivity contribution < 1.29 is 27.2 Å². The smallest absolute Gasteiger partial charge is 0.384 e. The highest BCUT2D eigenvalue weighted by atomic mass is 32.1. The lowest BCUT2D eigenvalue weighted by molar-refractivity contribution is -0.159. The van der Waals surface area contributed by atoms with Gasteiger partial charge in [0.15, 0.2) is 0 Å². The molecule has 0 aliphatic rings. The zero-order valence-corrected chi connectivity index (χ0v) is 12.3. The Labute approximate surface area is 127 Å². The Balaban J connectivity index is 1.97. The van der Waals surface area contributed by atoms with Crippen molar-refractivity contribution in [3.05, 3.63) is 22.9 Å². The quantitative estimate of drug-likeness (QED) is 0.877. The molecule has 120 valence electrons. The standard InChI is InChI=1S/C12H12F3N3O3S/c1-20-5-4-9(19)16-6-7-2-3-8(22-7)10-17-11(21-18-10)12(13,14)15/h2-3H,4-6H2,1H3,(H,16,19). The number of ether oxygens (including phenoxy) is 1. The number of nitrogens with zero attached hydrogens (tertiary/aromatic N) is 2. The predicted octanol–water partition coefficient (Wildman–Crippen LogP) is 2.47. The van der Waals surface area contributed by atoms with Crippen molar-refractivity contribution in [1.82, 2.24) is 15.5 Å². The van der Waals surface area contributed by atoms with Crippen LogP contribution >= 0.6 is 11.3 Å². The van der Waals surface area contributed by atoms with E-state index in [-0.39, 0.29) is 24.7 Å². The zero-order valence-electron chi connectivity index (χ0n) is 11.4.